The van der Waals surface area contributed by atoms with Crippen molar-refractivity contribution in [2.75, 3.05) is 6.26 Å². The summed E-state index contributed by atoms with van der Waals surface area (Å²) in [7, 11) is -3.17. The van der Waals surface area contributed by atoms with Crippen LogP contribution in [0.3, 0.4) is 0 Å². The van der Waals surface area contributed by atoms with Gasteiger partial charge in [0.05, 0.1) is 10.4 Å². The highest BCUT2D eigenvalue weighted by molar-refractivity contribution is 7.90. The molecular formula is C11H10NO2S. The molecule has 0 aliphatic rings. The Labute approximate surface area is 88.7 Å². The van der Waals surface area contributed by atoms with Gasteiger partial charge in [-0.25, -0.2) is 8.42 Å². The maximum atomic E-state index is 11.3. The summed E-state index contributed by atoms with van der Waals surface area (Å²) in [6.45, 7) is 3.84. The lowest BCUT2D eigenvalue weighted by molar-refractivity contribution is 0.602. The molecular weight excluding hydrogens is 210 g/mol. The van der Waals surface area contributed by atoms with Crippen molar-refractivity contribution in [2.24, 2.45) is 0 Å². The molecule has 2 rings (SSSR count). The second-order valence-corrected chi connectivity index (χ2v) is 5.44. The molecule has 0 saturated carbocycles. The smallest absolute Gasteiger partial charge is 0.175 e. The van der Waals surface area contributed by atoms with Crippen molar-refractivity contribution in [1.82, 2.24) is 4.98 Å². The minimum absolute atomic E-state index is 0.299. The van der Waals surface area contributed by atoms with Gasteiger partial charge in [-0.05, 0) is 36.8 Å². The van der Waals surface area contributed by atoms with Gasteiger partial charge in [-0.1, -0.05) is 0 Å². The Morgan fingerprint density at radius 2 is 2.00 bits per heavy atom. The number of sulfone groups is 1. The number of fused-ring (bicyclic) bond motifs is 1. The standard InChI is InChI=1S/C11H10NO2S/c1-8-5-6-12-11-4-3-9(7-10(8)11)15(2,13)14/h3-7H,1H2,2H3. The highest BCUT2D eigenvalue weighted by Gasteiger charge is 2.08. The summed E-state index contributed by atoms with van der Waals surface area (Å²) in [5.74, 6) is 0. The van der Waals surface area contributed by atoms with Gasteiger partial charge in [-0.3, -0.25) is 4.98 Å². The number of pyridine rings is 1. The summed E-state index contributed by atoms with van der Waals surface area (Å²) in [6.07, 6.45) is 2.85. The van der Waals surface area contributed by atoms with Crippen LogP contribution in [0.4, 0.5) is 0 Å². The topological polar surface area (TPSA) is 47.0 Å². The summed E-state index contributed by atoms with van der Waals surface area (Å²) in [4.78, 5) is 4.43. The van der Waals surface area contributed by atoms with Crippen molar-refractivity contribution in [3.8, 4) is 0 Å². The minimum atomic E-state index is -3.17. The Morgan fingerprint density at radius 1 is 1.27 bits per heavy atom. The second-order valence-electron chi connectivity index (χ2n) is 3.42. The Morgan fingerprint density at radius 3 is 2.67 bits per heavy atom. The predicted molar refractivity (Wildman–Crippen MR) is 59.3 cm³/mol. The summed E-state index contributed by atoms with van der Waals surface area (Å²) in [6, 6.07) is 6.62. The number of rotatable bonds is 1. The van der Waals surface area contributed by atoms with Crippen LogP contribution in [0.25, 0.3) is 10.9 Å². The molecule has 0 spiro atoms. The molecule has 1 radical (unpaired) electrons. The number of hydrogen-bond donors (Lipinski definition) is 0. The largest absolute Gasteiger partial charge is 0.256 e. The zero-order chi connectivity index (χ0) is 11.1. The molecule has 0 fully saturated rings. The lowest BCUT2D eigenvalue weighted by atomic mass is 10.1. The predicted octanol–water partition coefficient (Wildman–Crippen LogP) is 1.82. The first-order valence-electron chi connectivity index (χ1n) is 4.39. The van der Waals surface area contributed by atoms with Gasteiger partial charge in [0.2, 0.25) is 0 Å². The molecule has 1 heterocycles. The molecule has 77 valence electrons. The van der Waals surface area contributed by atoms with Crippen LogP contribution in [-0.4, -0.2) is 19.7 Å². The Kier molecular flexibility index (Phi) is 2.23. The number of benzene rings is 1. The highest BCUT2D eigenvalue weighted by Crippen LogP contribution is 2.20. The van der Waals surface area contributed by atoms with Crippen molar-refractivity contribution in [3.63, 3.8) is 0 Å². The van der Waals surface area contributed by atoms with Gasteiger partial charge in [0.1, 0.15) is 0 Å². The van der Waals surface area contributed by atoms with E-state index >= 15 is 0 Å². The molecule has 0 aliphatic carbocycles. The summed E-state index contributed by atoms with van der Waals surface area (Å²) >= 11 is 0. The van der Waals surface area contributed by atoms with E-state index in [1.165, 1.54) is 6.26 Å². The zero-order valence-corrected chi connectivity index (χ0v) is 9.08. The average Bonchev–Trinajstić information content (AvgIpc) is 2.16. The third-order valence-electron chi connectivity index (χ3n) is 2.23. The zero-order valence-electron chi connectivity index (χ0n) is 8.27. The molecule has 0 atom stereocenters. The maximum absolute atomic E-state index is 11.3. The van der Waals surface area contributed by atoms with Crippen molar-refractivity contribution in [1.29, 1.82) is 0 Å². The lowest BCUT2D eigenvalue weighted by Crippen LogP contribution is -1.97. The summed E-state index contributed by atoms with van der Waals surface area (Å²) in [5.41, 5.74) is 1.54. The van der Waals surface area contributed by atoms with Crippen molar-refractivity contribution < 1.29 is 8.42 Å². The molecule has 3 nitrogen and oxygen atoms in total. The van der Waals surface area contributed by atoms with E-state index in [4.69, 9.17) is 0 Å². The fraction of sp³-hybridized carbons (Fsp3) is 0.0909. The van der Waals surface area contributed by atoms with Gasteiger partial charge in [0.25, 0.3) is 0 Å². The Balaban J connectivity index is 2.81. The molecule has 2 aromatic rings. The first-order chi connectivity index (χ1) is 6.98. The van der Waals surface area contributed by atoms with Crippen LogP contribution in [0.5, 0.6) is 0 Å². The highest BCUT2D eigenvalue weighted by atomic mass is 32.2. The molecule has 1 aromatic carbocycles. The SMILES string of the molecule is [CH2]c1ccnc2ccc(S(C)(=O)=O)cc12. The third kappa shape index (κ3) is 1.85. The van der Waals surface area contributed by atoms with Crippen LogP contribution < -0.4 is 0 Å². The van der Waals surface area contributed by atoms with Gasteiger partial charge in [0.15, 0.2) is 9.84 Å². The van der Waals surface area contributed by atoms with E-state index in [1.54, 1.807) is 30.5 Å². The Hall–Kier alpha value is -1.42. The minimum Gasteiger partial charge on any atom is -0.256 e. The van der Waals surface area contributed by atoms with Crippen molar-refractivity contribution in [2.45, 2.75) is 4.90 Å². The van der Waals surface area contributed by atoms with Crippen LogP contribution in [0, 0.1) is 6.92 Å². The van der Waals surface area contributed by atoms with Gasteiger partial charge in [-0.15, -0.1) is 0 Å². The van der Waals surface area contributed by atoms with Crippen LogP contribution >= 0.6 is 0 Å². The van der Waals surface area contributed by atoms with E-state index in [9.17, 15) is 8.42 Å². The molecule has 1 aromatic heterocycles. The van der Waals surface area contributed by atoms with Crippen LogP contribution in [0.15, 0.2) is 35.4 Å². The van der Waals surface area contributed by atoms with Crippen LogP contribution in [0.2, 0.25) is 0 Å². The first-order valence-corrected chi connectivity index (χ1v) is 6.28. The number of nitrogens with zero attached hydrogens (tertiary/aromatic N) is 1. The van der Waals surface area contributed by atoms with Gasteiger partial charge < -0.3 is 0 Å². The van der Waals surface area contributed by atoms with E-state index in [0.717, 1.165) is 16.5 Å². The van der Waals surface area contributed by atoms with Gasteiger partial charge >= 0.3 is 0 Å². The van der Waals surface area contributed by atoms with E-state index in [1.807, 2.05) is 0 Å². The molecule has 4 heteroatoms. The second kappa shape index (κ2) is 3.31. The fourth-order valence-electron chi connectivity index (χ4n) is 1.41. The van der Waals surface area contributed by atoms with Crippen molar-refractivity contribution in [3.05, 3.63) is 42.9 Å². The Bertz CT molecular complexity index is 618. The van der Waals surface area contributed by atoms with E-state index in [0.29, 0.717) is 4.90 Å². The number of aromatic nitrogens is 1. The number of hydrogen-bond acceptors (Lipinski definition) is 3. The quantitative estimate of drug-likeness (QED) is 0.736. The molecule has 0 saturated heterocycles. The summed E-state index contributed by atoms with van der Waals surface area (Å²) in [5, 5.41) is 0.778. The average molecular weight is 220 g/mol. The van der Waals surface area contributed by atoms with Crippen LogP contribution in [0.1, 0.15) is 5.56 Å². The monoisotopic (exact) mass is 220 g/mol. The van der Waals surface area contributed by atoms with E-state index in [2.05, 4.69) is 11.9 Å². The van der Waals surface area contributed by atoms with Gasteiger partial charge in [0, 0.05) is 17.8 Å². The normalized spacial score (nSPS) is 11.9. The third-order valence-corrected chi connectivity index (χ3v) is 3.34. The molecule has 0 unspecified atom stereocenters. The maximum Gasteiger partial charge on any atom is 0.175 e. The van der Waals surface area contributed by atoms with E-state index < -0.39 is 9.84 Å². The fourth-order valence-corrected chi connectivity index (χ4v) is 2.06. The molecule has 0 bridgehead atoms. The summed E-state index contributed by atoms with van der Waals surface area (Å²) < 4.78 is 22.7. The van der Waals surface area contributed by atoms with Crippen LogP contribution in [-0.2, 0) is 9.84 Å². The molecule has 0 aliphatic heterocycles. The van der Waals surface area contributed by atoms with Crippen molar-refractivity contribution >= 4 is 20.7 Å². The molecule has 15 heavy (non-hydrogen) atoms. The molecule has 0 amide bonds. The van der Waals surface area contributed by atoms with Gasteiger partial charge in [-0.2, -0.15) is 0 Å². The lowest BCUT2D eigenvalue weighted by Gasteiger charge is -2.03. The first kappa shape index (κ1) is 10.1. The van der Waals surface area contributed by atoms with E-state index in [-0.39, 0.29) is 0 Å². The molecule has 0 N–H and O–H groups in total.